The molecule has 1 saturated heterocycles. The fraction of sp³-hybridized carbons (Fsp3) is 0.364. The summed E-state index contributed by atoms with van der Waals surface area (Å²) < 4.78 is 22.5. The summed E-state index contributed by atoms with van der Waals surface area (Å²) in [6.45, 7) is 0. The third-order valence-corrected chi connectivity index (χ3v) is 5.26. The molecule has 1 heterocycles. The third kappa shape index (κ3) is 3.16. The van der Waals surface area contributed by atoms with Gasteiger partial charge in [0.15, 0.2) is 9.84 Å². The molecule has 0 bridgehead atoms. The molecule has 7 heteroatoms. The Hall–Kier alpha value is -0.780. The van der Waals surface area contributed by atoms with E-state index in [-0.39, 0.29) is 23.5 Å². The van der Waals surface area contributed by atoms with Crippen molar-refractivity contribution in [3.8, 4) is 0 Å². The zero-order valence-corrected chi connectivity index (χ0v) is 11.6. The molecule has 1 atom stereocenters. The molecule has 1 aromatic carbocycles. The average Bonchev–Trinajstić information content (AvgIpc) is 2.62. The zero-order chi connectivity index (χ0) is 13.3. The minimum atomic E-state index is -3.00. The van der Waals surface area contributed by atoms with Crippen molar-refractivity contribution in [1.29, 1.82) is 0 Å². The summed E-state index contributed by atoms with van der Waals surface area (Å²) >= 11 is 11.6. The molecular formula is C11H11Cl2NO3S. The number of hydrogen-bond donors (Lipinski definition) is 1. The van der Waals surface area contributed by atoms with Gasteiger partial charge in [-0.3, -0.25) is 4.79 Å². The monoisotopic (exact) mass is 307 g/mol. The molecule has 4 nitrogen and oxygen atoms in total. The molecule has 18 heavy (non-hydrogen) atoms. The van der Waals surface area contributed by atoms with Crippen LogP contribution in [0.25, 0.3) is 0 Å². The lowest BCUT2D eigenvalue weighted by Crippen LogP contribution is -2.35. The number of benzene rings is 1. The Morgan fingerprint density at radius 2 is 2.00 bits per heavy atom. The number of halogens is 2. The Labute approximate surface area is 115 Å². The van der Waals surface area contributed by atoms with Gasteiger partial charge >= 0.3 is 0 Å². The average molecular weight is 308 g/mol. The largest absolute Gasteiger partial charge is 0.348 e. The molecule has 0 aromatic heterocycles. The lowest BCUT2D eigenvalue weighted by molar-refractivity contribution is 0.0941. The van der Waals surface area contributed by atoms with Gasteiger partial charge in [-0.05, 0) is 24.6 Å². The topological polar surface area (TPSA) is 63.2 Å². The summed E-state index contributed by atoms with van der Waals surface area (Å²) in [5, 5.41) is 3.34. The molecule has 1 N–H and O–H groups in total. The molecule has 2 rings (SSSR count). The van der Waals surface area contributed by atoms with Gasteiger partial charge in [-0.2, -0.15) is 0 Å². The first-order valence-corrected chi connectivity index (χ1v) is 7.91. The number of carbonyl (C=O) groups is 1. The van der Waals surface area contributed by atoms with Gasteiger partial charge in [0, 0.05) is 11.6 Å². The molecule has 0 radical (unpaired) electrons. The van der Waals surface area contributed by atoms with Crippen molar-refractivity contribution < 1.29 is 13.2 Å². The number of carbonyl (C=O) groups excluding carboxylic acids is 1. The normalized spacial score (nSPS) is 21.8. The first-order chi connectivity index (χ1) is 8.37. The van der Waals surface area contributed by atoms with Gasteiger partial charge in [0.05, 0.1) is 21.6 Å². The van der Waals surface area contributed by atoms with Crippen LogP contribution < -0.4 is 5.32 Å². The van der Waals surface area contributed by atoms with E-state index < -0.39 is 9.84 Å². The van der Waals surface area contributed by atoms with Crippen LogP contribution in [-0.4, -0.2) is 31.9 Å². The molecule has 1 amide bonds. The van der Waals surface area contributed by atoms with E-state index >= 15 is 0 Å². The molecule has 0 spiro atoms. The highest BCUT2D eigenvalue weighted by Gasteiger charge is 2.29. The van der Waals surface area contributed by atoms with Crippen molar-refractivity contribution in [2.24, 2.45) is 0 Å². The maximum Gasteiger partial charge on any atom is 0.251 e. The van der Waals surface area contributed by atoms with Gasteiger partial charge in [-0.25, -0.2) is 8.42 Å². The van der Waals surface area contributed by atoms with Gasteiger partial charge in [0.25, 0.3) is 5.91 Å². The minimum absolute atomic E-state index is 0.0000614. The number of nitrogens with one attached hydrogen (secondary N) is 1. The number of hydrogen-bond acceptors (Lipinski definition) is 3. The van der Waals surface area contributed by atoms with Crippen LogP contribution in [0.15, 0.2) is 18.2 Å². The van der Waals surface area contributed by atoms with Gasteiger partial charge in [-0.15, -0.1) is 0 Å². The fourth-order valence-corrected chi connectivity index (χ4v) is 3.79. The number of rotatable bonds is 2. The van der Waals surface area contributed by atoms with Crippen molar-refractivity contribution >= 4 is 38.9 Å². The van der Waals surface area contributed by atoms with Crippen LogP contribution in [-0.2, 0) is 9.84 Å². The Bertz CT molecular complexity index is 586. The summed E-state index contributed by atoms with van der Waals surface area (Å²) in [7, 11) is -3.00. The predicted molar refractivity (Wildman–Crippen MR) is 71.0 cm³/mol. The Balaban J connectivity index is 2.06. The number of amides is 1. The van der Waals surface area contributed by atoms with E-state index in [0.717, 1.165) is 0 Å². The molecule has 1 aromatic rings. The van der Waals surface area contributed by atoms with E-state index in [2.05, 4.69) is 5.32 Å². The Kier molecular flexibility index (Phi) is 3.84. The smallest absolute Gasteiger partial charge is 0.251 e. The predicted octanol–water partition coefficient (Wildman–Crippen LogP) is 1.91. The quantitative estimate of drug-likeness (QED) is 0.908. The van der Waals surface area contributed by atoms with Gasteiger partial charge in [0.1, 0.15) is 0 Å². The van der Waals surface area contributed by atoms with Crippen LogP contribution in [0.3, 0.4) is 0 Å². The van der Waals surface area contributed by atoms with Crippen molar-refractivity contribution in [3.05, 3.63) is 33.8 Å². The van der Waals surface area contributed by atoms with E-state index in [4.69, 9.17) is 23.2 Å². The van der Waals surface area contributed by atoms with E-state index in [1.165, 1.54) is 12.1 Å². The van der Waals surface area contributed by atoms with Crippen molar-refractivity contribution in [1.82, 2.24) is 5.32 Å². The van der Waals surface area contributed by atoms with Crippen LogP contribution >= 0.6 is 23.2 Å². The summed E-state index contributed by atoms with van der Waals surface area (Å²) in [6.07, 6.45) is 0.454. The number of sulfone groups is 1. The maximum absolute atomic E-state index is 11.9. The highest BCUT2D eigenvalue weighted by Crippen LogP contribution is 2.22. The third-order valence-electron chi connectivity index (χ3n) is 2.75. The Morgan fingerprint density at radius 1 is 1.28 bits per heavy atom. The van der Waals surface area contributed by atoms with Crippen LogP contribution in [0.4, 0.5) is 0 Å². The summed E-state index contributed by atoms with van der Waals surface area (Å²) in [5.41, 5.74) is 0.369. The molecule has 1 aliphatic heterocycles. The van der Waals surface area contributed by atoms with Gasteiger partial charge in [0.2, 0.25) is 0 Å². The SMILES string of the molecule is O=C(NC1CCS(=O)(=O)C1)c1ccc(Cl)c(Cl)c1. The van der Waals surface area contributed by atoms with Crippen molar-refractivity contribution in [3.63, 3.8) is 0 Å². The van der Waals surface area contributed by atoms with Crippen LogP contribution in [0.5, 0.6) is 0 Å². The second kappa shape index (κ2) is 5.07. The molecular weight excluding hydrogens is 297 g/mol. The molecule has 1 fully saturated rings. The summed E-state index contributed by atoms with van der Waals surface area (Å²) in [6, 6.07) is 4.22. The van der Waals surface area contributed by atoms with E-state index in [1.54, 1.807) is 6.07 Å². The molecule has 1 unspecified atom stereocenters. The second-order valence-corrected chi connectivity index (χ2v) is 7.25. The highest BCUT2D eigenvalue weighted by atomic mass is 35.5. The molecule has 1 aliphatic rings. The fourth-order valence-electron chi connectivity index (χ4n) is 1.81. The van der Waals surface area contributed by atoms with Crippen LogP contribution in [0.2, 0.25) is 10.0 Å². The maximum atomic E-state index is 11.9. The summed E-state index contributed by atoms with van der Waals surface area (Å²) in [4.78, 5) is 11.9. The van der Waals surface area contributed by atoms with E-state index in [1.807, 2.05) is 0 Å². The van der Waals surface area contributed by atoms with Crippen molar-refractivity contribution in [2.45, 2.75) is 12.5 Å². The lowest BCUT2D eigenvalue weighted by atomic mass is 10.2. The van der Waals surface area contributed by atoms with Crippen molar-refractivity contribution in [2.75, 3.05) is 11.5 Å². The Morgan fingerprint density at radius 3 is 2.56 bits per heavy atom. The van der Waals surface area contributed by atoms with E-state index in [9.17, 15) is 13.2 Å². The molecule has 0 saturated carbocycles. The van der Waals surface area contributed by atoms with E-state index in [0.29, 0.717) is 22.0 Å². The highest BCUT2D eigenvalue weighted by molar-refractivity contribution is 7.91. The second-order valence-electron chi connectivity index (χ2n) is 4.20. The minimum Gasteiger partial charge on any atom is -0.348 e. The molecule has 98 valence electrons. The standard InChI is InChI=1S/C11H11Cl2NO3S/c12-9-2-1-7(5-10(9)13)11(15)14-8-3-4-18(16,17)6-8/h1-2,5,8H,3-4,6H2,(H,14,15). The van der Waals surface area contributed by atoms with Gasteiger partial charge in [-0.1, -0.05) is 23.2 Å². The summed E-state index contributed by atoms with van der Waals surface area (Å²) in [5.74, 6) is -0.213. The first kappa shape index (κ1) is 13.6. The van der Waals surface area contributed by atoms with Crippen LogP contribution in [0, 0.1) is 0 Å². The van der Waals surface area contributed by atoms with Gasteiger partial charge < -0.3 is 5.32 Å². The first-order valence-electron chi connectivity index (χ1n) is 5.34. The molecule has 0 aliphatic carbocycles. The van der Waals surface area contributed by atoms with Crippen LogP contribution in [0.1, 0.15) is 16.8 Å². The zero-order valence-electron chi connectivity index (χ0n) is 9.32. The lowest BCUT2D eigenvalue weighted by Gasteiger charge is -2.11.